The number of aryl methyl sites for hydroxylation is 1. The number of rotatable bonds is 3. The zero-order valence-corrected chi connectivity index (χ0v) is 13.2. The quantitative estimate of drug-likeness (QED) is 0.799. The molecule has 1 N–H and O–H groups in total. The van der Waals surface area contributed by atoms with E-state index in [1.807, 2.05) is 11.4 Å². The first kappa shape index (κ1) is 13.7. The van der Waals surface area contributed by atoms with Gasteiger partial charge in [0.2, 0.25) is 0 Å². The van der Waals surface area contributed by atoms with E-state index >= 15 is 0 Å². The lowest BCUT2D eigenvalue weighted by Gasteiger charge is -2.10. The molecule has 0 aliphatic carbocycles. The van der Waals surface area contributed by atoms with Gasteiger partial charge in [0.25, 0.3) is 0 Å². The Morgan fingerprint density at radius 1 is 1.23 bits per heavy atom. The number of nitrogens with one attached hydrogen (secondary N) is 1. The molecule has 0 fully saturated rings. The zero-order chi connectivity index (χ0) is 15.2. The van der Waals surface area contributed by atoms with Gasteiger partial charge >= 0.3 is 0 Å². The van der Waals surface area contributed by atoms with Crippen molar-refractivity contribution < 1.29 is 8.42 Å². The second kappa shape index (κ2) is 5.03. The molecular weight excluding hydrogens is 318 g/mol. The molecule has 0 unspecified atom stereocenters. The summed E-state index contributed by atoms with van der Waals surface area (Å²) < 4.78 is 24.2. The molecule has 3 heterocycles. The van der Waals surface area contributed by atoms with E-state index in [0.717, 1.165) is 16.5 Å². The molecule has 2 aromatic heterocycles. The van der Waals surface area contributed by atoms with Crippen LogP contribution in [0.1, 0.15) is 10.4 Å². The number of sulfone groups is 1. The summed E-state index contributed by atoms with van der Waals surface area (Å²) in [6.07, 6.45) is 2.03. The lowest BCUT2D eigenvalue weighted by Crippen LogP contribution is -2.03. The van der Waals surface area contributed by atoms with E-state index in [9.17, 15) is 8.42 Å². The number of hydrogen-bond donors (Lipinski definition) is 1. The Balaban J connectivity index is 1.83. The Hall–Kier alpha value is -1.99. The number of fused-ring (bicyclic) bond motifs is 3. The van der Waals surface area contributed by atoms with Crippen LogP contribution in [0.4, 0.5) is 5.82 Å². The molecule has 4 rings (SSSR count). The van der Waals surface area contributed by atoms with Gasteiger partial charge in [0.15, 0.2) is 9.84 Å². The highest BCUT2D eigenvalue weighted by Gasteiger charge is 2.29. The second-order valence-corrected chi connectivity index (χ2v) is 8.27. The number of aromatic nitrogens is 2. The summed E-state index contributed by atoms with van der Waals surface area (Å²) in [5, 5.41) is 6.17. The predicted octanol–water partition coefficient (Wildman–Crippen LogP) is 2.63. The number of nitrogens with zero attached hydrogens (tertiary/aromatic N) is 2. The predicted molar refractivity (Wildman–Crippen MR) is 86.9 cm³/mol. The van der Waals surface area contributed by atoms with E-state index < -0.39 is 9.84 Å². The monoisotopic (exact) mass is 331 g/mol. The van der Waals surface area contributed by atoms with Crippen molar-refractivity contribution in [3.8, 4) is 0 Å². The second-order valence-electron chi connectivity index (χ2n) is 5.16. The Bertz CT molecular complexity index is 950. The van der Waals surface area contributed by atoms with Gasteiger partial charge in [-0.1, -0.05) is 6.07 Å². The van der Waals surface area contributed by atoms with Gasteiger partial charge < -0.3 is 5.32 Å². The van der Waals surface area contributed by atoms with Gasteiger partial charge in [-0.25, -0.2) is 18.4 Å². The molecule has 1 aliphatic rings. The lowest BCUT2D eigenvalue weighted by molar-refractivity contribution is 0.600. The molecule has 1 aliphatic heterocycles. The van der Waals surface area contributed by atoms with Crippen LogP contribution in [0.5, 0.6) is 0 Å². The summed E-state index contributed by atoms with van der Waals surface area (Å²) in [5.74, 6) is 0.869. The maximum absolute atomic E-state index is 12.1. The normalized spacial score (nSPS) is 15.8. The molecule has 0 spiro atoms. The molecule has 0 saturated heterocycles. The summed E-state index contributed by atoms with van der Waals surface area (Å²) in [4.78, 5) is 10.2. The standard InChI is InChI=1S/C15H13N3O2S2/c19-22(20)7-5-11-13(22)4-3-12-14(11)15(18-9-17-12)16-8-10-2-1-6-21-10/h1-4,6,9H,5,7-8H2,(H,16,17,18). The van der Waals surface area contributed by atoms with Crippen molar-refractivity contribution in [3.63, 3.8) is 0 Å². The van der Waals surface area contributed by atoms with Crippen molar-refractivity contribution in [2.45, 2.75) is 17.9 Å². The summed E-state index contributed by atoms with van der Waals surface area (Å²) in [6.45, 7) is 0.667. The van der Waals surface area contributed by atoms with E-state index in [2.05, 4.69) is 21.4 Å². The molecule has 112 valence electrons. The maximum atomic E-state index is 12.1. The number of anilines is 1. The molecule has 0 atom stereocenters. The van der Waals surface area contributed by atoms with Crippen LogP contribution in [0.25, 0.3) is 10.9 Å². The fourth-order valence-electron chi connectivity index (χ4n) is 2.81. The van der Waals surface area contributed by atoms with E-state index in [-0.39, 0.29) is 5.75 Å². The fraction of sp³-hybridized carbons (Fsp3) is 0.200. The first-order valence-corrected chi connectivity index (χ1v) is 9.44. The van der Waals surface area contributed by atoms with Gasteiger partial charge in [0, 0.05) is 10.3 Å². The van der Waals surface area contributed by atoms with Crippen molar-refractivity contribution in [2.24, 2.45) is 0 Å². The molecule has 5 nitrogen and oxygen atoms in total. The molecule has 0 amide bonds. The molecule has 7 heteroatoms. The Morgan fingerprint density at radius 3 is 2.95 bits per heavy atom. The average Bonchev–Trinajstić information content (AvgIpc) is 3.13. The molecule has 0 radical (unpaired) electrons. The SMILES string of the molecule is O=S1(=O)CCc2c1ccc1ncnc(NCc3cccs3)c21. The first-order valence-electron chi connectivity index (χ1n) is 6.91. The Kier molecular flexibility index (Phi) is 3.12. The number of hydrogen-bond acceptors (Lipinski definition) is 6. The topological polar surface area (TPSA) is 72.0 Å². The van der Waals surface area contributed by atoms with Gasteiger partial charge in [-0.05, 0) is 35.6 Å². The maximum Gasteiger partial charge on any atom is 0.179 e. The highest BCUT2D eigenvalue weighted by Crippen LogP contribution is 2.34. The van der Waals surface area contributed by atoms with Crippen LogP contribution in [-0.2, 0) is 22.8 Å². The van der Waals surface area contributed by atoms with Crippen LogP contribution in [0, 0.1) is 0 Å². The lowest BCUT2D eigenvalue weighted by atomic mass is 10.1. The highest BCUT2D eigenvalue weighted by molar-refractivity contribution is 7.91. The van der Waals surface area contributed by atoms with Gasteiger partial charge in [0.1, 0.15) is 12.1 Å². The minimum atomic E-state index is -3.15. The molecular formula is C15H13N3O2S2. The minimum absolute atomic E-state index is 0.167. The van der Waals surface area contributed by atoms with Crippen LogP contribution in [0.2, 0.25) is 0 Å². The van der Waals surface area contributed by atoms with Crippen molar-refractivity contribution in [1.82, 2.24) is 9.97 Å². The summed E-state index contributed by atoms with van der Waals surface area (Å²) >= 11 is 1.67. The Morgan fingerprint density at radius 2 is 2.14 bits per heavy atom. The van der Waals surface area contributed by atoms with E-state index in [1.54, 1.807) is 23.5 Å². The van der Waals surface area contributed by atoms with Crippen LogP contribution < -0.4 is 5.32 Å². The zero-order valence-electron chi connectivity index (χ0n) is 11.6. The van der Waals surface area contributed by atoms with Gasteiger partial charge in [-0.2, -0.15) is 0 Å². The molecule has 1 aromatic carbocycles. The molecule has 0 bridgehead atoms. The third kappa shape index (κ3) is 2.17. The summed E-state index contributed by atoms with van der Waals surface area (Å²) in [6, 6.07) is 7.48. The van der Waals surface area contributed by atoms with Crippen molar-refractivity contribution in [2.75, 3.05) is 11.1 Å². The van der Waals surface area contributed by atoms with E-state index in [1.165, 1.54) is 11.2 Å². The van der Waals surface area contributed by atoms with Crippen molar-refractivity contribution in [3.05, 3.63) is 46.4 Å². The minimum Gasteiger partial charge on any atom is -0.365 e. The number of thiophene rings is 1. The number of benzene rings is 1. The summed E-state index contributed by atoms with van der Waals surface area (Å²) in [7, 11) is -3.15. The molecule has 22 heavy (non-hydrogen) atoms. The highest BCUT2D eigenvalue weighted by atomic mass is 32.2. The molecule has 3 aromatic rings. The Labute approximate surface area is 132 Å². The third-order valence-corrected chi connectivity index (χ3v) is 6.50. The van der Waals surface area contributed by atoms with E-state index in [0.29, 0.717) is 23.7 Å². The third-order valence-electron chi connectivity index (χ3n) is 3.83. The van der Waals surface area contributed by atoms with Crippen molar-refractivity contribution in [1.29, 1.82) is 0 Å². The van der Waals surface area contributed by atoms with Crippen molar-refractivity contribution >= 4 is 37.9 Å². The van der Waals surface area contributed by atoms with Crippen LogP contribution in [0.3, 0.4) is 0 Å². The van der Waals surface area contributed by atoms with Gasteiger partial charge in [-0.3, -0.25) is 0 Å². The largest absolute Gasteiger partial charge is 0.365 e. The molecule has 0 saturated carbocycles. The smallest absolute Gasteiger partial charge is 0.179 e. The fourth-order valence-corrected chi connectivity index (χ4v) is 5.00. The van der Waals surface area contributed by atoms with Gasteiger partial charge in [-0.15, -0.1) is 11.3 Å². The van der Waals surface area contributed by atoms with Crippen LogP contribution in [-0.4, -0.2) is 24.1 Å². The van der Waals surface area contributed by atoms with E-state index in [4.69, 9.17) is 0 Å². The van der Waals surface area contributed by atoms with Crippen LogP contribution >= 0.6 is 11.3 Å². The average molecular weight is 331 g/mol. The van der Waals surface area contributed by atoms with Gasteiger partial charge in [0.05, 0.1) is 22.7 Å². The first-order chi connectivity index (χ1) is 10.6. The van der Waals surface area contributed by atoms with Crippen LogP contribution in [0.15, 0.2) is 40.9 Å². The summed E-state index contributed by atoms with van der Waals surface area (Å²) in [5.41, 5.74) is 1.62.